The smallest absolute Gasteiger partial charge is 0.229 e. The molecule has 3 rings (SSSR count). The van der Waals surface area contributed by atoms with E-state index >= 15 is 0 Å². The van der Waals surface area contributed by atoms with Crippen molar-refractivity contribution >= 4 is 40.7 Å². The molecule has 1 aromatic carbocycles. The first-order valence-electron chi connectivity index (χ1n) is 8.60. The van der Waals surface area contributed by atoms with E-state index < -0.39 is 0 Å². The first kappa shape index (κ1) is 17.6. The number of nitrogens with zero attached hydrogens (tertiary/aromatic N) is 1. The van der Waals surface area contributed by atoms with Crippen molar-refractivity contribution in [2.24, 2.45) is 5.92 Å². The first-order chi connectivity index (χ1) is 11.5. The van der Waals surface area contributed by atoms with Crippen LogP contribution in [0.2, 0.25) is 10.0 Å². The van der Waals surface area contributed by atoms with Gasteiger partial charge in [0.1, 0.15) is 0 Å². The number of carbonyl (C=O) groups is 2. The second-order valence-corrected chi connectivity index (χ2v) is 7.53. The van der Waals surface area contributed by atoms with Crippen molar-refractivity contribution in [1.29, 1.82) is 0 Å². The number of carbonyl (C=O) groups excluding carboxylic acids is 2. The van der Waals surface area contributed by atoms with E-state index in [0.29, 0.717) is 34.7 Å². The lowest BCUT2D eigenvalue weighted by atomic mass is 10.1. The molecule has 1 N–H and O–H groups in total. The van der Waals surface area contributed by atoms with Gasteiger partial charge in [0.25, 0.3) is 0 Å². The molecule has 130 valence electrons. The van der Waals surface area contributed by atoms with E-state index in [-0.39, 0.29) is 17.7 Å². The Morgan fingerprint density at radius 1 is 1.08 bits per heavy atom. The molecule has 1 saturated carbocycles. The van der Waals surface area contributed by atoms with Gasteiger partial charge < -0.3 is 10.2 Å². The highest BCUT2D eigenvalue weighted by molar-refractivity contribution is 6.42. The lowest BCUT2D eigenvalue weighted by Crippen LogP contribution is -2.37. The second kappa shape index (κ2) is 7.75. The third-order valence-corrected chi connectivity index (χ3v) is 5.72. The van der Waals surface area contributed by atoms with Gasteiger partial charge in [-0.05, 0) is 31.0 Å². The van der Waals surface area contributed by atoms with Gasteiger partial charge in [0.05, 0.1) is 16.0 Å². The maximum atomic E-state index is 12.5. The van der Waals surface area contributed by atoms with E-state index in [1.165, 1.54) is 25.7 Å². The molecule has 2 amide bonds. The van der Waals surface area contributed by atoms with Gasteiger partial charge in [0.15, 0.2) is 0 Å². The van der Waals surface area contributed by atoms with E-state index in [4.69, 9.17) is 23.2 Å². The second-order valence-electron chi connectivity index (χ2n) is 6.71. The summed E-state index contributed by atoms with van der Waals surface area (Å²) in [6, 6.07) is 5.30. The number of benzene rings is 1. The summed E-state index contributed by atoms with van der Waals surface area (Å²) >= 11 is 11.9. The highest BCUT2D eigenvalue weighted by atomic mass is 35.5. The Morgan fingerprint density at radius 3 is 2.46 bits per heavy atom. The fraction of sp³-hybridized carbons (Fsp3) is 0.556. The molecule has 1 unspecified atom stereocenters. The highest BCUT2D eigenvalue weighted by Crippen LogP contribution is 2.29. The van der Waals surface area contributed by atoms with Crippen LogP contribution in [0.25, 0.3) is 0 Å². The summed E-state index contributed by atoms with van der Waals surface area (Å²) < 4.78 is 0. The van der Waals surface area contributed by atoms with E-state index in [0.717, 1.165) is 12.8 Å². The molecule has 0 radical (unpaired) electrons. The number of amides is 2. The van der Waals surface area contributed by atoms with Crippen molar-refractivity contribution in [2.45, 2.75) is 51.0 Å². The third-order valence-electron chi connectivity index (χ3n) is 4.98. The lowest BCUT2D eigenvalue weighted by molar-refractivity contribution is -0.130. The van der Waals surface area contributed by atoms with Crippen LogP contribution in [-0.4, -0.2) is 29.3 Å². The van der Waals surface area contributed by atoms with Crippen molar-refractivity contribution < 1.29 is 9.59 Å². The van der Waals surface area contributed by atoms with Gasteiger partial charge in [-0.15, -0.1) is 0 Å². The average Bonchev–Trinajstić information content (AvgIpc) is 2.77. The molecule has 1 atom stereocenters. The summed E-state index contributed by atoms with van der Waals surface area (Å²) in [5.41, 5.74) is 0.606. The molecule has 1 aromatic rings. The maximum absolute atomic E-state index is 12.5. The number of hydrogen-bond donors (Lipinski definition) is 1. The quantitative estimate of drug-likeness (QED) is 0.798. The number of hydrogen-bond acceptors (Lipinski definition) is 2. The summed E-state index contributed by atoms with van der Waals surface area (Å²) in [5, 5.41) is 3.70. The zero-order valence-electron chi connectivity index (χ0n) is 13.6. The summed E-state index contributed by atoms with van der Waals surface area (Å²) in [4.78, 5) is 26.8. The molecule has 4 nitrogen and oxygen atoms in total. The van der Waals surface area contributed by atoms with Gasteiger partial charge in [0.2, 0.25) is 11.8 Å². The summed E-state index contributed by atoms with van der Waals surface area (Å²) in [6.45, 7) is 0.524. The van der Waals surface area contributed by atoms with Crippen LogP contribution in [0.15, 0.2) is 18.2 Å². The van der Waals surface area contributed by atoms with Gasteiger partial charge >= 0.3 is 0 Å². The van der Waals surface area contributed by atoms with Crippen LogP contribution < -0.4 is 5.32 Å². The molecule has 1 saturated heterocycles. The fourth-order valence-corrected chi connectivity index (χ4v) is 3.95. The number of halogens is 2. The zero-order valence-corrected chi connectivity index (χ0v) is 15.1. The normalized spacial score (nSPS) is 22.5. The largest absolute Gasteiger partial charge is 0.339 e. The van der Waals surface area contributed by atoms with Gasteiger partial charge in [-0.25, -0.2) is 0 Å². The van der Waals surface area contributed by atoms with Crippen molar-refractivity contribution in [3.63, 3.8) is 0 Å². The number of likely N-dealkylation sites (tertiary alicyclic amines) is 1. The van der Waals surface area contributed by atoms with Crippen LogP contribution >= 0.6 is 23.2 Å². The minimum Gasteiger partial charge on any atom is -0.339 e. The maximum Gasteiger partial charge on any atom is 0.229 e. The Labute approximate surface area is 152 Å². The van der Waals surface area contributed by atoms with Gasteiger partial charge in [-0.3, -0.25) is 9.59 Å². The van der Waals surface area contributed by atoms with Gasteiger partial charge in [0, 0.05) is 24.7 Å². The predicted octanol–water partition coefficient (Wildman–Crippen LogP) is 4.50. The summed E-state index contributed by atoms with van der Waals surface area (Å²) in [6.07, 6.45) is 7.27. The molecule has 1 aliphatic carbocycles. The minimum atomic E-state index is -0.296. The van der Waals surface area contributed by atoms with E-state index in [1.807, 2.05) is 4.90 Å². The average molecular weight is 369 g/mol. The molecular weight excluding hydrogens is 347 g/mol. The van der Waals surface area contributed by atoms with Crippen molar-refractivity contribution in [2.75, 3.05) is 11.9 Å². The molecule has 1 heterocycles. The van der Waals surface area contributed by atoms with Crippen LogP contribution in [0.3, 0.4) is 0 Å². The molecule has 0 spiro atoms. The minimum absolute atomic E-state index is 0.108. The molecule has 0 aromatic heterocycles. The molecule has 2 aliphatic rings. The molecule has 24 heavy (non-hydrogen) atoms. The van der Waals surface area contributed by atoms with Crippen LogP contribution in [0.4, 0.5) is 5.69 Å². The number of nitrogens with one attached hydrogen (secondary N) is 1. The van der Waals surface area contributed by atoms with Crippen molar-refractivity contribution in [3.8, 4) is 0 Å². The number of rotatable bonds is 3. The molecule has 6 heteroatoms. The van der Waals surface area contributed by atoms with Crippen LogP contribution in [0, 0.1) is 5.92 Å². The molecule has 0 bridgehead atoms. The zero-order chi connectivity index (χ0) is 17.1. The topological polar surface area (TPSA) is 49.4 Å². The van der Waals surface area contributed by atoms with Crippen LogP contribution in [-0.2, 0) is 9.59 Å². The Balaban J connectivity index is 1.61. The highest BCUT2D eigenvalue weighted by Gasteiger charge is 2.37. The van der Waals surface area contributed by atoms with E-state index in [2.05, 4.69) is 5.32 Å². The van der Waals surface area contributed by atoms with E-state index in [9.17, 15) is 9.59 Å². The Bertz CT molecular complexity index is 627. The van der Waals surface area contributed by atoms with Gasteiger partial charge in [-0.2, -0.15) is 0 Å². The van der Waals surface area contributed by atoms with Crippen molar-refractivity contribution in [1.82, 2.24) is 4.90 Å². The standard InChI is InChI=1S/C18H22Cl2N2O2/c19-15-8-7-13(10-16(15)20)21-18(24)12-9-17(23)22(11-12)14-5-3-1-2-4-6-14/h7-8,10,12,14H,1-6,9,11H2,(H,21,24). The predicted molar refractivity (Wildman–Crippen MR) is 96.4 cm³/mol. The Hall–Kier alpha value is -1.26. The monoisotopic (exact) mass is 368 g/mol. The first-order valence-corrected chi connectivity index (χ1v) is 9.35. The molecule has 1 aliphatic heterocycles. The molecular formula is C18H22Cl2N2O2. The number of anilines is 1. The Kier molecular flexibility index (Phi) is 5.67. The Morgan fingerprint density at radius 2 is 1.79 bits per heavy atom. The SMILES string of the molecule is O=C(Nc1ccc(Cl)c(Cl)c1)C1CC(=O)N(C2CCCCCC2)C1. The third kappa shape index (κ3) is 4.04. The molecule has 2 fully saturated rings. The van der Waals surface area contributed by atoms with Gasteiger partial charge in [-0.1, -0.05) is 48.9 Å². The summed E-state index contributed by atoms with van der Waals surface area (Å²) in [7, 11) is 0. The fourth-order valence-electron chi connectivity index (χ4n) is 3.65. The van der Waals surface area contributed by atoms with Crippen molar-refractivity contribution in [3.05, 3.63) is 28.2 Å². The van der Waals surface area contributed by atoms with E-state index in [1.54, 1.807) is 18.2 Å². The van der Waals surface area contributed by atoms with Crippen LogP contribution in [0.1, 0.15) is 44.9 Å². The summed E-state index contributed by atoms with van der Waals surface area (Å²) in [5.74, 6) is -0.316. The van der Waals surface area contributed by atoms with Crippen LogP contribution in [0.5, 0.6) is 0 Å². The lowest BCUT2D eigenvalue weighted by Gasteiger charge is -2.27.